The zero-order chi connectivity index (χ0) is 45.4. The lowest BCUT2D eigenvalue weighted by molar-refractivity contribution is 0.633. The highest BCUT2D eigenvalue weighted by atomic mass is 16.4. The predicted molar refractivity (Wildman–Crippen MR) is 279 cm³/mol. The van der Waals surface area contributed by atoms with E-state index in [2.05, 4.69) is 140 Å². The average Bonchev–Trinajstić information content (AvgIpc) is 3.99. The van der Waals surface area contributed by atoms with Gasteiger partial charge in [0.05, 0.1) is 23.6 Å². The van der Waals surface area contributed by atoms with Crippen molar-refractivity contribution in [2.75, 3.05) is 0 Å². The quantitative estimate of drug-likeness (QED) is 0.138. The zero-order valence-corrected chi connectivity index (χ0v) is 36.9. The van der Waals surface area contributed by atoms with E-state index < -0.39 is 0 Å². The van der Waals surface area contributed by atoms with Crippen LogP contribution in [0.25, 0.3) is 106 Å². The maximum Gasteiger partial charge on any atom is 0.178 e. The Morgan fingerprint density at radius 1 is 0.412 bits per heavy atom. The number of nitrogens with zero attached hydrogens (tertiary/aromatic N) is 3. The Morgan fingerprint density at radius 2 is 0.882 bits per heavy atom. The molecule has 0 bridgehead atoms. The van der Waals surface area contributed by atoms with Gasteiger partial charge in [-0.3, -0.25) is 4.99 Å². The molecular weight excluding hydrogens is 833 g/mol. The molecule has 0 aliphatic carbocycles. The summed E-state index contributed by atoms with van der Waals surface area (Å²) in [4.78, 5) is 15.3. The van der Waals surface area contributed by atoms with Crippen molar-refractivity contribution in [1.29, 1.82) is 0 Å². The van der Waals surface area contributed by atoms with Gasteiger partial charge >= 0.3 is 0 Å². The number of allylic oxidation sites excluding steroid dienone is 1. The Bertz CT molecular complexity index is 3820. The van der Waals surface area contributed by atoms with Gasteiger partial charge in [-0.1, -0.05) is 170 Å². The molecule has 3 heterocycles. The van der Waals surface area contributed by atoms with Crippen molar-refractivity contribution < 1.29 is 8.83 Å². The van der Waals surface area contributed by atoms with Crippen LogP contribution < -0.4 is 5.73 Å². The lowest BCUT2D eigenvalue weighted by atomic mass is 9.99. The summed E-state index contributed by atoms with van der Waals surface area (Å²) in [6, 6.07) is 76.9. The summed E-state index contributed by atoms with van der Waals surface area (Å²) in [5.41, 5.74) is 23.3. The van der Waals surface area contributed by atoms with E-state index in [-0.39, 0.29) is 0 Å². The molecule has 0 fully saturated rings. The molecule has 12 aromatic rings. The number of fused-ring (bicyclic) bond motifs is 7. The summed E-state index contributed by atoms with van der Waals surface area (Å²) < 4.78 is 13.2. The lowest BCUT2D eigenvalue weighted by Gasteiger charge is -2.10. The maximum atomic E-state index is 6.61. The molecule has 0 saturated carbocycles. The molecule has 0 amide bonds. The molecule has 2 N–H and O–H groups in total. The summed E-state index contributed by atoms with van der Waals surface area (Å²) in [5.74, 6) is 0.672. The van der Waals surface area contributed by atoms with E-state index in [1.807, 2.05) is 91.0 Å². The number of hydrogen-bond acceptors (Lipinski definition) is 6. The van der Waals surface area contributed by atoms with E-state index in [9.17, 15) is 0 Å². The van der Waals surface area contributed by atoms with Crippen molar-refractivity contribution in [1.82, 2.24) is 9.97 Å². The topological polar surface area (TPSA) is 90.4 Å². The van der Waals surface area contributed by atoms with Crippen molar-refractivity contribution in [3.8, 4) is 56.2 Å². The van der Waals surface area contributed by atoms with E-state index in [1.165, 1.54) is 0 Å². The van der Waals surface area contributed by atoms with E-state index in [0.717, 1.165) is 117 Å². The molecule has 12 rings (SSSR count). The number of aliphatic imine (C=N–C) groups is 1. The Morgan fingerprint density at radius 3 is 1.46 bits per heavy atom. The Kier molecular flexibility index (Phi) is 10.3. The third-order valence-corrected chi connectivity index (χ3v) is 12.6. The molecule has 0 aliphatic rings. The Balaban J connectivity index is 0.860. The number of aromatic nitrogens is 2. The summed E-state index contributed by atoms with van der Waals surface area (Å²) in [5, 5.41) is 4.06. The number of benzene rings is 9. The molecule has 3 aromatic heterocycles. The van der Waals surface area contributed by atoms with E-state index in [0.29, 0.717) is 18.1 Å². The van der Waals surface area contributed by atoms with Crippen LogP contribution in [0.4, 0.5) is 0 Å². The van der Waals surface area contributed by atoms with Gasteiger partial charge in [-0.2, -0.15) is 0 Å². The van der Waals surface area contributed by atoms with Crippen LogP contribution in [0.15, 0.2) is 244 Å². The molecular formula is C62H42N4O2. The van der Waals surface area contributed by atoms with Crippen LogP contribution >= 0.6 is 0 Å². The van der Waals surface area contributed by atoms with Gasteiger partial charge < -0.3 is 14.6 Å². The second-order valence-electron chi connectivity index (χ2n) is 17.0. The molecule has 0 radical (unpaired) electrons. The molecule has 0 unspecified atom stereocenters. The molecule has 0 atom stereocenters. The van der Waals surface area contributed by atoms with Gasteiger partial charge in [-0.15, -0.1) is 0 Å². The lowest BCUT2D eigenvalue weighted by Crippen LogP contribution is -2.04. The summed E-state index contributed by atoms with van der Waals surface area (Å²) >= 11 is 0. The average molecular weight is 875 g/mol. The van der Waals surface area contributed by atoms with Gasteiger partial charge in [-0.25, -0.2) is 9.97 Å². The van der Waals surface area contributed by atoms with Crippen LogP contribution in [0, 0.1) is 0 Å². The molecule has 9 aromatic carbocycles. The summed E-state index contributed by atoms with van der Waals surface area (Å²) in [7, 11) is 0. The molecule has 322 valence electrons. The number of nitrogens with two attached hydrogens (primary N) is 1. The van der Waals surface area contributed by atoms with Crippen molar-refractivity contribution in [3.63, 3.8) is 0 Å². The normalized spacial score (nSPS) is 12.1. The van der Waals surface area contributed by atoms with Gasteiger partial charge in [0.25, 0.3) is 0 Å². The van der Waals surface area contributed by atoms with Crippen molar-refractivity contribution >= 4 is 55.3 Å². The van der Waals surface area contributed by atoms with Crippen LogP contribution in [0.1, 0.15) is 16.7 Å². The van der Waals surface area contributed by atoms with Crippen molar-refractivity contribution in [3.05, 3.63) is 247 Å². The van der Waals surface area contributed by atoms with Gasteiger partial charge in [0, 0.05) is 43.9 Å². The minimum absolute atomic E-state index is 0.497. The van der Waals surface area contributed by atoms with E-state index in [4.69, 9.17) is 29.5 Å². The first kappa shape index (κ1) is 40.4. The first-order valence-corrected chi connectivity index (χ1v) is 22.7. The summed E-state index contributed by atoms with van der Waals surface area (Å²) in [6.45, 7) is 0.497. The largest absolute Gasteiger partial charge is 0.452 e. The number of rotatable bonds is 10. The molecule has 0 saturated heterocycles. The first-order chi connectivity index (χ1) is 33.6. The standard InChI is InChI=1S/C62H42N4O2/c63-54(41-16-5-1-6-17-41)37-55(42-18-7-2-8-19-42)64-39-40-15-13-24-45(33-40)47-27-31-58-52(35-47)50-29-30-51-53-36-48(28-32-59(53)68-61(51)60(50)67-58)46-25-14-26-49(34-46)62-65-56(43-20-9-3-10-21-43)38-57(66-62)44-22-11-4-12-23-44/h1-38H,39,63H2/b54-37-,64-55?. The van der Waals surface area contributed by atoms with Crippen molar-refractivity contribution in [2.45, 2.75) is 6.54 Å². The fraction of sp³-hybridized carbons (Fsp3) is 0.0161. The van der Waals surface area contributed by atoms with Crippen molar-refractivity contribution in [2.24, 2.45) is 10.7 Å². The Hall–Kier alpha value is -9.13. The minimum Gasteiger partial charge on any atom is -0.452 e. The molecule has 6 heteroatoms. The van der Waals surface area contributed by atoms with Crippen LogP contribution in [-0.4, -0.2) is 15.7 Å². The maximum absolute atomic E-state index is 6.61. The van der Waals surface area contributed by atoms with Gasteiger partial charge in [0.15, 0.2) is 17.0 Å². The third kappa shape index (κ3) is 7.80. The molecule has 0 aliphatic heterocycles. The number of hydrogen-bond donors (Lipinski definition) is 1. The molecule has 68 heavy (non-hydrogen) atoms. The third-order valence-electron chi connectivity index (χ3n) is 12.6. The molecule has 6 nitrogen and oxygen atoms in total. The van der Waals surface area contributed by atoms with Gasteiger partial charge in [0.2, 0.25) is 0 Å². The molecule has 0 spiro atoms. The zero-order valence-electron chi connectivity index (χ0n) is 36.9. The number of furan rings is 2. The van der Waals surface area contributed by atoms with Crippen LogP contribution in [-0.2, 0) is 6.54 Å². The predicted octanol–water partition coefficient (Wildman–Crippen LogP) is 15.6. The van der Waals surface area contributed by atoms with Crippen LogP contribution in [0.3, 0.4) is 0 Å². The highest BCUT2D eigenvalue weighted by Gasteiger charge is 2.18. The van der Waals surface area contributed by atoms with Crippen LogP contribution in [0.2, 0.25) is 0 Å². The SMILES string of the molecule is N/C(=C\C(=NCc1cccc(-c2ccc3oc4c(ccc5c6cc(-c7cccc(-c8nc(-c9ccccc9)cc(-c9ccccc9)n8)c7)ccc6oc54)c3c2)c1)c1ccccc1)c1ccccc1. The monoisotopic (exact) mass is 874 g/mol. The fourth-order valence-electron chi connectivity index (χ4n) is 9.07. The van der Waals surface area contributed by atoms with Gasteiger partial charge in [-0.05, 0) is 99.6 Å². The summed E-state index contributed by atoms with van der Waals surface area (Å²) in [6.07, 6.45) is 1.97. The first-order valence-electron chi connectivity index (χ1n) is 22.7. The highest BCUT2D eigenvalue weighted by Crippen LogP contribution is 2.41. The second kappa shape index (κ2) is 17.3. The highest BCUT2D eigenvalue weighted by molar-refractivity contribution is 6.19. The van der Waals surface area contributed by atoms with Crippen LogP contribution in [0.5, 0.6) is 0 Å². The smallest absolute Gasteiger partial charge is 0.178 e. The Labute approximate surface area is 393 Å². The fourth-order valence-corrected chi connectivity index (χ4v) is 9.07. The van der Waals surface area contributed by atoms with E-state index >= 15 is 0 Å². The second-order valence-corrected chi connectivity index (χ2v) is 17.0. The minimum atomic E-state index is 0.497. The van der Waals surface area contributed by atoms with E-state index in [1.54, 1.807) is 0 Å². The van der Waals surface area contributed by atoms with Gasteiger partial charge in [0.1, 0.15) is 11.2 Å².